The third-order valence-corrected chi connectivity index (χ3v) is 3.64. The molecule has 0 fully saturated rings. The number of rotatable bonds is 11. The molecule has 0 amide bonds. The predicted molar refractivity (Wildman–Crippen MR) is 104 cm³/mol. The Morgan fingerprint density at radius 2 is 1.92 bits per heavy atom. The van der Waals surface area contributed by atoms with E-state index in [1.54, 1.807) is 0 Å². The van der Waals surface area contributed by atoms with E-state index in [2.05, 4.69) is 28.0 Å². The van der Waals surface area contributed by atoms with Gasteiger partial charge in [-0.15, -0.1) is 0 Å². The van der Waals surface area contributed by atoms with E-state index < -0.39 is 4.74 Å². The minimum absolute atomic E-state index is 0.180. The maximum absolute atomic E-state index is 12.6. The number of hydrogen-bond acceptors (Lipinski definition) is 4. The van der Waals surface area contributed by atoms with E-state index >= 15 is 0 Å². The fraction of sp³-hybridized carbons (Fsp3) is 0.526. The van der Waals surface area contributed by atoms with Crippen molar-refractivity contribution >= 4 is 21.6 Å². The Morgan fingerprint density at radius 3 is 2.56 bits per heavy atom. The van der Waals surface area contributed by atoms with E-state index in [1.165, 1.54) is 6.08 Å². The lowest BCUT2D eigenvalue weighted by atomic mass is 10.1. The molecule has 0 spiro atoms. The van der Waals surface area contributed by atoms with Crippen molar-refractivity contribution in [3.63, 3.8) is 0 Å². The van der Waals surface area contributed by atoms with Crippen molar-refractivity contribution < 1.29 is 18.7 Å². The highest BCUT2D eigenvalue weighted by molar-refractivity contribution is 9.11. The first-order valence-electron chi connectivity index (χ1n) is 8.47. The third kappa shape index (κ3) is 8.91. The SMILES string of the molecule is CCc1cc(OC/C=C(/F)Br)cc(C)c1OCCCCON=C(C)C. The van der Waals surface area contributed by atoms with Crippen LogP contribution in [0, 0.1) is 6.92 Å². The van der Waals surface area contributed by atoms with Gasteiger partial charge in [-0.1, -0.05) is 12.1 Å². The zero-order valence-electron chi connectivity index (χ0n) is 15.4. The fourth-order valence-electron chi connectivity index (χ4n) is 2.18. The van der Waals surface area contributed by atoms with Crippen molar-refractivity contribution in [1.82, 2.24) is 0 Å². The van der Waals surface area contributed by atoms with Gasteiger partial charge in [0.25, 0.3) is 0 Å². The van der Waals surface area contributed by atoms with Gasteiger partial charge >= 0.3 is 0 Å². The van der Waals surface area contributed by atoms with Crippen LogP contribution in [0.4, 0.5) is 4.39 Å². The van der Waals surface area contributed by atoms with Crippen molar-refractivity contribution in [3.8, 4) is 11.5 Å². The first-order valence-corrected chi connectivity index (χ1v) is 9.26. The smallest absolute Gasteiger partial charge is 0.165 e. The second-order valence-electron chi connectivity index (χ2n) is 5.81. The number of unbranched alkanes of at least 4 members (excludes halogenated alkanes) is 1. The molecule has 0 aromatic heterocycles. The number of ether oxygens (including phenoxy) is 2. The maximum atomic E-state index is 12.6. The highest BCUT2D eigenvalue weighted by Gasteiger charge is 2.09. The quantitative estimate of drug-likeness (QED) is 0.263. The van der Waals surface area contributed by atoms with Gasteiger partial charge < -0.3 is 14.3 Å². The van der Waals surface area contributed by atoms with Crippen LogP contribution in [0.2, 0.25) is 0 Å². The normalized spacial score (nSPS) is 11.2. The van der Waals surface area contributed by atoms with E-state index in [1.807, 2.05) is 32.9 Å². The van der Waals surface area contributed by atoms with Crippen LogP contribution in [0.25, 0.3) is 0 Å². The van der Waals surface area contributed by atoms with Gasteiger partial charge in [0.1, 0.15) is 24.7 Å². The number of benzene rings is 1. The molecule has 0 saturated carbocycles. The zero-order valence-corrected chi connectivity index (χ0v) is 17.0. The molecule has 0 saturated heterocycles. The molecular weight excluding hydrogens is 389 g/mol. The molecule has 0 aliphatic rings. The molecule has 1 aromatic carbocycles. The van der Waals surface area contributed by atoms with Gasteiger partial charge in [0.05, 0.1) is 12.3 Å². The summed E-state index contributed by atoms with van der Waals surface area (Å²) in [5.74, 6) is 1.62. The van der Waals surface area contributed by atoms with Crippen molar-refractivity contribution in [2.45, 2.75) is 47.0 Å². The maximum Gasteiger partial charge on any atom is 0.165 e. The second-order valence-corrected chi connectivity index (χ2v) is 6.57. The summed E-state index contributed by atoms with van der Waals surface area (Å²) in [6.45, 7) is 9.27. The summed E-state index contributed by atoms with van der Waals surface area (Å²) in [5, 5.41) is 3.90. The van der Waals surface area contributed by atoms with Gasteiger partial charge in [0, 0.05) is 0 Å². The van der Waals surface area contributed by atoms with Gasteiger partial charge in [0.2, 0.25) is 0 Å². The number of halogens is 2. The largest absolute Gasteiger partial charge is 0.493 e. The van der Waals surface area contributed by atoms with Gasteiger partial charge in [-0.2, -0.15) is 4.39 Å². The van der Waals surface area contributed by atoms with Crippen LogP contribution in [0.3, 0.4) is 0 Å². The Bertz CT molecular complexity index is 595. The van der Waals surface area contributed by atoms with Gasteiger partial charge in [-0.25, -0.2) is 0 Å². The van der Waals surface area contributed by atoms with Gasteiger partial charge in [-0.3, -0.25) is 0 Å². The van der Waals surface area contributed by atoms with E-state index in [-0.39, 0.29) is 6.61 Å². The monoisotopic (exact) mass is 415 g/mol. The summed E-state index contributed by atoms with van der Waals surface area (Å²) >= 11 is 2.74. The topological polar surface area (TPSA) is 40.0 Å². The lowest BCUT2D eigenvalue weighted by molar-refractivity contribution is 0.135. The molecule has 0 aliphatic heterocycles. The van der Waals surface area contributed by atoms with Crippen molar-refractivity contribution in [2.75, 3.05) is 19.8 Å². The molecule has 25 heavy (non-hydrogen) atoms. The minimum Gasteiger partial charge on any atom is -0.493 e. The summed E-state index contributed by atoms with van der Waals surface area (Å²) in [4.78, 5) is 5.17. The van der Waals surface area contributed by atoms with E-state index in [0.29, 0.717) is 19.0 Å². The third-order valence-electron chi connectivity index (χ3n) is 3.32. The summed E-state index contributed by atoms with van der Waals surface area (Å²) in [6, 6.07) is 3.86. The minimum atomic E-state index is -0.427. The van der Waals surface area contributed by atoms with Crippen LogP contribution < -0.4 is 9.47 Å². The van der Waals surface area contributed by atoms with Crippen LogP contribution in [-0.4, -0.2) is 25.5 Å². The molecule has 0 heterocycles. The first-order chi connectivity index (χ1) is 11.9. The van der Waals surface area contributed by atoms with E-state index in [0.717, 1.165) is 41.9 Å². The van der Waals surface area contributed by atoms with Crippen molar-refractivity contribution in [3.05, 3.63) is 34.1 Å². The first kappa shape index (κ1) is 21.5. The van der Waals surface area contributed by atoms with Gasteiger partial charge in [-0.05, 0) is 85.3 Å². The Hall–Kier alpha value is -1.56. The number of oxime groups is 1. The highest BCUT2D eigenvalue weighted by atomic mass is 79.9. The summed E-state index contributed by atoms with van der Waals surface area (Å²) < 4.78 is 23.7. The van der Waals surface area contributed by atoms with E-state index in [4.69, 9.17) is 14.3 Å². The molecule has 0 N–H and O–H groups in total. The van der Waals surface area contributed by atoms with Crippen LogP contribution in [0.1, 0.15) is 44.7 Å². The lowest BCUT2D eigenvalue weighted by Crippen LogP contribution is -2.04. The van der Waals surface area contributed by atoms with Crippen LogP contribution in [0.15, 0.2) is 28.1 Å². The average molecular weight is 416 g/mol. The van der Waals surface area contributed by atoms with E-state index in [9.17, 15) is 4.39 Å². The zero-order chi connectivity index (χ0) is 18.7. The molecule has 1 rings (SSSR count). The molecule has 0 atom stereocenters. The molecule has 0 aliphatic carbocycles. The van der Waals surface area contributed by atoms with Crippen LogP contribution >= 0.6 is 15.9 Å². The summed E-state index contributed by atoms with van der Waals surface area (Å²) in [6.07, 6.45) is 3.96. The Labute approximate surface area is 158 Å². The van der Waals surface area contributed by atoms with Crippen molar-refractivity contribution in [1.29, 1.82) is 0 Å². The molecule has 0 radical (unpaired) electrons. The highest BCUT2D eigenvalue weighted by Crippen LogP contribution is 2.30. The molecular formula is C19H27BrFNO3. The standard InChI is InChI=1S/C19H27BrFNO3/c1-5-16-13-17(23-11-8-18(20)21)12-15(4)19(16)24-9-6-7-10-25-22-14(2)3/h8,12-13H,5-7,9-11H2,1-4H3/b18-8+. The lowest BCUT2D eigenvalue weighted by Gasteiger charge is -2.15. The Balaban J connectivity index is 2.53. The molecule has 0 bridgehead atoms. The van der Waals surface area contributed by atoms with Gasteiger partial charge in [0.15, 0.2) is 4.74 Å². The molecule has 6 heteroatoms. The second kappa shape index (κ2) is 11.9. The Kier molecular flexibility index (Phi) is 10.2. The number of hydrogen-bond donors (Lipinski definition) is 0. The van der Waals surface area contributed by atoms with Crippen molar-refractivity contribution in [2.24, 2.45) is 5.16 Å². The number of nitrogens with zero attached hydrogens (tertiary/aromatic N) is 1. The van der Waals surface area contributed by atoms with Crippen LogP contribution in [0.5, 0.6) is 11.5 Å². The Morgan fingerprint density at radius 1 is 1.20 bits per heavy atom. The average Bonchev–Trinajstić information content (AvgIpc) is 2.54. The molecule has 4 nitrogen and oxygen atoms in total. The summed E-state index contributed by atoms with van der Waals surface area (Å²) in [5.41, 5.74) is 3.01. The molecule has 1 aromatic rings. The predicted octanol–water partition coefficient (Wildman–Crippen LogP) is 5.71. The molecule has 0 unspecified atom stereocenters. The number of aryl methyl sites for hydroxylation is 2. The summed E-state index contributed by atoms with van der Waals surface area (Å²) in [7, 11) is 0. The molecule has 140 valence electrons. The fourth-order valence-corrected chi connectivity index (χ4v) is 2.31. The van der Waals surface area contributed by atoms with Crippen LogP contribution in [-0.2, 0) is 11.3 Å².